The molecule has 4 saturated carbocycles. The van der Waals surface area contributed by atoms with Crippen LogP contribution in [0.1, 0.15) is 88.5 Å². The quantitative estimate of drug-likeness (QED) is 0.185. The normalized spacial score (nSPS) is 31.1. The molecule has 2 spiro atoms. The van der Waals surface area contributed by atoms with Gasteiger partial charge in [-0.2, -0.15) is 0 Å². The maximum Gasteiger partial charge on any atom is 0.135 e. The fourth-order valence-corrected chi connectivity index (χ4v) is 14.5. The van der Waals surface area contributed by atoms with Crippen LogP contribution in [-0.4, -0.2) is 0 Å². The molecule has 6 unspecified atom stereocenters. The Labute approximate surface area is 305 Å². The highest BCUT2D eigenvalue weighted by molar-refractivity contribution is 7.99. The van der Waals surface area contributed by atoms with Crippen LogP contribution in [0, 0.1) is 29.1 Å². The van der Waals surface area contributed by atoms with Gasteiger partial charge in [0.05, 0.1) is 0 Å². The van der Waals surface area contributed by atoms with Crippen LogP contribution in [0.15, 0.2) is 117 Å². The van der Waals surface area contributed by atoms with Gasteiger partial charge in [0.25, 0.3) is 0 Å². The molecule has 0 radical (unpaired) electrons. The highest BCUT2D eigenvalue weighted by Crippen LogP contribution is 2.89. The van der Waals surface area contributed by atoms with Crippen LogP contribution in [0.25, 0.3) is 21.9 Å². The minimum atomic E-state index is 0.126. The minimum Gasteiger partial charge on any atom is -0.456 e. The van der Waals surface area contributed by atoms with E-state index in [1.165, 1.54) is 87.3 Å². The van der Waals surface area contributed by atoms with Crippen molar-refractivity contribution in [1.82, 2.24) is 0 Å². The third kappa shape index (κ3) is 3.53. The Morgan fingerprint density at radius 2 is 1.25 bits per heavy atom. The Bertz CT molecular complexity index is 2490. The summed E-state index contributed by atoms with van der Waals surface area (Å²) in [6.45, 7) is 9.74. The van der Waals surface area contributed by atoms with Gasteiger partial charge >= 0.3 is 0 Å². The second-order valence-corrected chi connectivity index (χ2v) is 19.5. The Balaban J connectivity index is 1.06. The average molecular weight is 684 g/mol. The first kappa shape index (κ1) is 29.6. The summed E-state index contributed by atoms with van der Waals surface area (Å²) in [7, 11) is 0. The maximum atomic E-state index is 6.32. The Morgan fingerprint density at radius 1 is 0.588 bits per heavy atom. The summed E-state index contributed by atoms with van der Waals surface area (Å²) in [5.74, 6) is 3.55. The Morgan fingerprint density at radius 3 is 2.12 bits per heavy atom. The Hall–Kier alpha value is -3.95. The van der Waals surface area contributed by atoms with Crippen LogP contribution in [-0.2, 0) is 16.2 Å². The van der Waals surface area contributed by atoms with Crippen LogP contribution in [0.2, 0.25) is 0 Å². The average Bonchev–Trinajstić information content (AvgIpc) is 3.79. The monoisotopic (exact) mass is 683 g/mol. The van der Waals surface area contributed by atoms with E-state index in [-0.39, 0.29) is 16.2 Å². The molecule has 1 aliphatic heterocycles. The lowest BCUT2D eigenvalue weighted by Gasteiger charge is -2.78. The van der Waals surface area contributed by atoms with E-state index in [2.05, 4.69) is 136 Å². The highest BCUT2D eigenvalue weighted by atomic mass is 32.2. The second kappa shape index (κ2) is 9.53. The number of nitrogens with zero attached hydrogens (tertiary/aromatic N) is 1. The zero-order chi connectivity index (χ0) is 34.1. The molecule has 5 aliphatic carbocycles. The molecule has 0 N–H and O–H groups in total. The van der Waals surface area contributed by atoms with E-state index in [1.807, 2.05) is 11.8 Å². The molecule has 51 heavy (non-hydrogen) atoms. The molecule has 254 valence electrons. The third-order valence-electron chi connectivity index (χ3n) is 15.4. The minimum absolute atomic E-state index is 0.126. The van der Waals surface area contributed by atoms with Gasteiger partial charge in [-0.25, -0.2) is 0 Å². The first-order valence-corrected chi connectivity index (χ1v) is 20.3. The van der Waals surface area contributed by atoms with E-state index < -0.39 is 0 Å². The summed E-state index contributed by atoms with van der Waals surface area (Å²) < 4.78 is 6.32. The van der Waals surface area contributed by atoms with Gasteiger partial charge in [0.2, 0.25) is 0 Å². The zero-order valence-corrected chi connectivity index (χ0v) is 30.9. The maximum absolute atomic E-state index is 6.32. The largest absolute Gasteiger partial charge is 0.456 e. The van der Waals surface area contributed by atoms with Crippen molar-refractivity contribution in [3.8, 4) is 0 Å². The van der Waals surface area contributed by atoms with Crippen molar-refractivity contribution in [2.45, 2.75) is 92.3 Å². The number of anilines is 3. The SMILES string of the molecule is CC1(C)CCC(C)(C)c2cc(N(c3ccc4c(c3)Sc3ccccc3C43C4CC5CC6CC3C64C5)c3ccc4oc5ccccc5c4c3)ccc21. The molecule has 2 nitrogen and oxygen atoms in total. The number of benzene rings is 5. The predicted octanol–water partition coefficient (Wildman–Crippen LogP) is 13.2. The smallest absolute Gasteiger partial charge is 0.135 e. The first-order valence-electron chi connectivity index (χ1n) is 19.5. The number of rotatable bonds is 3. The molecule has 0 saturated heterocycles. The zero-order valence-electron chi connectivity index (χ0n) is 30.1. The van der Waals surface area contributed by atoms with Crippen LogP contribution in [0.3, 0.4) is 0 Å². The lowest BCUT2D eigenvalue weighted by Crippen LogP contribution is -2.74. The van der Waals surface area contributed by atoms with E-state index in [4.69, 9.17) is 4.42 Å². The summed E-state index contributed by atoms with van der Waals surface area (Å²) >= 11 is 2.01. The molecule has 3 heteroatoms. The molecule has 1 aromatic heterocycles. The fourth-order valence-electron chi connectivity index (χ4n) is 13.2. The van der Waals surface area contributed by atoms with Crippen LogP contribution in [0.5, 0.6) is 0 Å². The van der Waals surface area contributed by atoms with Crippen LogP contribution >= 0.6 is 11.8 Å². The van der Waals surface area contributed by atoms with Crippen molar-refractivity contribution in [3.63, 3.8) is 0 Å². The molecule has 2 heterocycles. The molecule has 4 fully saturated rings. The van der Waals surface area contributed by atoms with Crippen LogP contribution < -0.4 is 4.90 Å². The summed E-state index contributed by atoms with van der Waals surface area (Å²) in [5.41, 5.74) is 12.9. The molecule has 2 bridgehead atoms. The van der Waals surface area contributed by atoms with Gasteiger partial charge in [-0.15, -0.1) is 0 Å². The van der Waals surface area contributed by atoms with Crippen LogP contribution in [0.4, 0.5) is 17.1 Å². The summed E-state index contributed by atoms with van der Waals surface area (Å²) in [4.78, 5) is 5.48. The standard InChI is InChI=1S/C48H45NOS/c1-45(2)19-20-46(3,4)38-25-31(13-16-35(38)45)49(30-15-18-40-34(24-30)33-9-5-7-11-39(33)50-40)32-14-17-37-42(26-32)51-41-12-8-6-10-36(41)48(37)43-22-28-21-29-23-44(48)47(29,43)27-28/h5-18,24-26,28-29,43-44H,19-23,27H2,1-4H3. The number of para-hydroxylation sites is 1. The van der Waals surface area contributed by atoms with Gasteiger partial charge in [0.15, 0.2) is 0 Å². The van der Waals surface area contributed by atoms with Gasteiger partial charge in [-0.1, -0.05) is 88.0 Å². The van der Waals surface area contributed by atoms with Gasteiger partial charge in [0.1, 0.15) is 11.2 Å². The molecular formula is C48H45NOS. The summed E-state index contributed by atoms with van der Waals surface area (Å²) in [6.07, 6.45) is 8.29. The number of fused-ring (bicyclic) bond motifs is 11. The molecule has 6 aromatic rings. The van der Waals surface area contributed by atoms with Crippen molar-refractivity contribution in [1.29, 1.82) is 0 Å². The fraction of sp³-hybridized carbons (Fsp3) is 0.375. The van der Waals surface area contributed by atoms with E-state index >= 15 is 0 Å². The van der Waals surface area contributed by atoms with E-state index in [1.54, 1.807) is 11.1 Å². The molecule has 12 rings (SSSR count). The number of furan rings is 1. The summed E-state index contributed by atoms with van der Waals surface area (Å²) in [5, 5.41) is 2.34. The van der Waals surface area contributed by atoms with Crippen molar-refractivity contribution < 1.29 is 4.42 Å². The van der Waals surface area contributed by atoms with Crippen molar-refractivity contribution in [2.75, 3.05) is 4.90 Å². The lowest BCUT2D eigenvalue weighted by atomic mass is 9.26. The van der Waals surface area contributed by atoms with Crippen molar-refractivity contribution in [2.24, 2.45) is 29.1 Å². The first-order chi connectivity index (χ1) is 24.7. The van der Waals surface area contributed by atoms with Crippen molar-refractivity contribution in [3.05, 3.63) is 125 Å². The van der Waals surface area contributed by atoms with Gasteiger partial charge in [0, 0.05) is 43.0 Å². The molecule has 6 aliphatic rings. The third-order valence-corrected chi connectivity index (χ3v) is 16.6. The topological polar surface area (TPSA) is 16.4 Å². The number of hydrogen-bond donors (Lipinski definition) is 0. The van der Waals surface area contributed by atoms with Gasteiger partial charge in [-0.05, 0) is 155 Å². The molecule has 5 aromatic carbocycles. The Kier molecular flexibility index (Phi) is 5.53. The predicted molar refractivity (Wildman–Crippen MR) is 210 cm³/mol. The summed E-state index contributed by atoms with van der Waals surface area (Å²) in [6, 6.07) is 39.7. The molecule has 0 amide bonds. The van der Waals surface area contributed by atoms with E-state index in [0.29, 0.717) is 5.41 Å². The highest BCUT2D eigenvalue weighted by Gasteiger charge is 2.84. The van der Waals surface area contributed by atoms with E-state index in [9.17, 15) is 0 Å². The van der Waals surface area contributed by atoms with Crippen molar-refractivity contribution >= 4 is 50.8 Å². The molecular weight excluding hydrogens is 639 g/mol. The number of hydrogen-bond acceptors (Lipinski definition) is 3. The lowest BCUT2D eigenvalue weighted by molar-refractivity contribution is -0.235. The van der Waals surface area contributed by atoms with Gasteiger partial charge in [-0.3, -0.25) is 0 Å². The van der Waals surface area contributed by atoms with Gasteiger partial charge < -0.3 is 9.32 Å². The molecule has 6 atom stereocenters. The second-order valence-electron chi connectivity index (χ2n) is 18.5. The van der Waals surface area contributed by atoms with E-state index in [0.717, 1.165) is 34.8 Å².